The Labute approximate surface area is 595 Å². The van der Waals surface area contributed by atoms with Crippen LogP contribution in [0.1, 0.15) is 112 Å². The number of rotatable bonds is 40. The molecule has 0 aliphatic carbocycles. The molecule has 30 nitrogen and oxygen atoms in total. The molecule has 34 heteroatoms. The Bertz CT molecular complexity index is 4400. The van der Waals surface area contributed by atoms with E-state index in [4.69, 9.17) is 38.0 Å². The fourth-order valence-electron chi connectivity index (χ4n) is 11.9. The molecule has 3 amide bonds. The first-order chi connectivity index (χ1) is 48.8. The van der Waals surface area contributed by atoms with E-state index in [9.17, 15) is 60.4 Å². The number of allylic oxidation sites excluding steroid dienone is 4. The number of hydrogen-bond acceptors (Lipinski definition) is 19. The summed E-state index contributed by atoms with van der Waals surface area (Å²) in [5.41, 5.74) is 4.67. The van der Waals surface area contributed by atoms with E-state index in [1.54, 1.807) is 36.4 Å². The van der Waals surface area contributed by atoms with Gasteiger partial charge in [0.2, 0.25) is 17.5 Å². The highest BCUT2D eigenvalue weighted by Crippen LogP contribution is 2.66. The molecule has 1 saturated heterocycles. The van der Waals surface area contributed by atoms with Crippen molar-refractivity contribution in [2.45, 2.75) is 120 Å². The fourth-order valence-corrected chi connectivity index (χ4v) is 15.5. The molecule has 3 unspecified atom stereocenters. The number of carbonyl (C=O) groups is 3. The van der Waals surface area contributed by atoms with E-state index < -0.39 is 94.1 Å². The van der Waals surface area contributed by atoms with Crippen LogP contribution in [0.25, 0.3) is 6.08 Å². The van der Waals surface area contributed by atoms with Gasteiger partial charge < -0.3 is 64.1 Å². The number of fused-ring (bicyclic) bond motifs is 2. The highest BCUT2D eigenvalue weighted by Gasteiger charge is 2.47. The average molecular weight is 1510 g/mol. The van der Waals surface area contributed by atoms with Crippen molar-refractivity contribution in [3.8, 4) is 5.75 Å². The summed E-state index contributed by atoms with van der Waals surface area (Å²) >= 11 is 0. The number of H-pyrrole nitrogens is 1. The SMILES string of the molecule is C=CCOC(COc1cccc(C(=O)NCCCCCNC(=O)CCCCC[N+]2=C(/C=C/C=C3/N(c4ccccc4)c4ccccc4C3(C)C)C(C)(C)c3cc(S(=O)(=O)O)ccc32)c1)OCC(=O)NC/C=C/c1cn([C@H]2C[C@@H](OCC=C)[C@@H](COP(=O)(O)OP(=O)(O)OP(=O)(O)O)O2)c(=O)[nH]c1=O. The number of amides is 3. The van der Waals surface area contributed by atoms with E-state index in [-0.39, 0.29) is 60.5 Å². The minimum absolute atomic E-state index is 0.0385. The molecule has 5 aromatic rings. The number of aromatic amines is 1. The number of ether oxygens (including phenoxy) is 5. The largest absolute Gasteiger partial charge is 0.490 e. The standard InChI is InChI=1S/C69H86N7O23P3S/c1-7-39-92-57-43-63(97-58(57)45-96-101(85,86)99-102(87,88)98-100(82,83)84)75-44-49(66(80)73-67(75)81)24-22-37-71-62(78)46-95-64(93-40-8-2)47-94-51-27-20-23-48(41-51)65(79)72-36-18-11-17-35-70-61(77)32-14-10-19-38-74-55-34-33-52(103(89,90)91)42-54(55)69(5,6)59(74)30-21-31-60-68(3,4)53-28-15-16-29-56(53)76(60)50-25-12-9-13-26-50/h7-9,12-13,15-16,20-31,33-34,41-42,44,57-58,63-64H,1-2,10-11,14,17-19,32,35-40,43,45-47H2,3-6H3,(H8-,70,71,72,73,77,78,79,80,81,82,83,84,85,86,87,88,89,90,91)/p+1/b24-22+/t57-,58-,63-,64?/m1/s1. The summed E-state index contributed by atoms with van der Waals surface area (Å²) in [5, 5.41) is 8.51. The fraction of sp³-hybridized carbons (Fsp3) is 0.391. The van der Waals surface area contributed by atoms with E-state index >= 15 is 0 Å². The van der Waals surface area contributed by atoms with Gasteiger partial charge in [-0.2, -0.15) is 21.6 Å². The molecular weight excluding hydrogens is 1420 g/mol. The summed E-state index contributed by atoms with van der Waals surface area (Å²) < 4.78 is 114. The number of phosphoric ester groups is 1. The van der Waals surface area contributed by atoms with Gasteiger partial charge in [-0.15, -0.1) is 13.2 Å². The van der Waals surface area contributed by atoms with Crippen molar-refractivity contribution < 1.29 is 102 Å². The van der Waals surface area contributed by atoms with Crippen LogP contribution >= 0.6 is 23.5 Å². The van der Waals surface area contributed by atoms with Gasteiger partial charge in [0.05, 0.1) is 41.8 Å². The Morgan fingerprint density at radius 3 is 2.23 bits per heavy atom. The van der Waals surface area contributed by atoms with Crippen LogP contribution in [0.3, 0.4) is 0 Å². The monoisotopic (exact) mass is 1510 g/mol. The number of para-hydroxylation sites is 2. The van der Waals surface area contributed by atoms with E-state index in [0.29, 0.717) is 56.6 Å². The molecule has 4 aromatic carbocycles. The second-order valence-electron chi connectivity index (χ2n) is 25.1. The zero-order valence-electron chi connectivity index (χ0n) is 57.3. The minimum Gasteiger partial charge on any atom is -0.488 e. The number of phosphoric acid groups is 3. The molecule has 1 aromatic heterocycles. The lowest BCUT2D eigenvalue weighted by Gasteiger charge is -2.27. The third-order valence-corrected chi connectivity index (χ3v) is 21.5. The molecule has 556 valence electrons. The molecule has 103 heavy (non-hydrogen) atoms. The van der Waals surface area contributed by atoms with Crippen LogP contribution in [0.2, 0.25) is 0 Å². The van der Waals surface area contributed by atoms with E-state index in [0.717, 1.165) is 64.1 Å². The molecule has 9 N–H and O–H groups in total. The number of unbranched alkanes of at least 4 members (excludes halogenated alkanes) is 4. The number of aromatic nitrogens is 2. The quantitative estimate of drug-likeness (QED) is 0.00441. The molecule has 0 spiro atoms. The Kier molecular flexibility index (Phi) is 28.4. The summed E-state index contributed by atoms with van der Waals surface area (Å²) in [6.45, 7) is 15.5. The van der Waals surface area contributed by atoms with E-state index in [1.807, 2.05) is 24.3 Å². The molecule has 1 fully saturated rings. The van der Waals surface area contributed by atoms with Crippen LogP contribution in [-0.2, 0) is 76.3 Å². The second-order valence-corrected chi connectivity index (χ2v) is 30.9. The topological polar surface area (TPSA) is 409 Å². The van der Waals surface area contributed by atoms with Crippen LogP contribution < -0.4 is 36.8 Å². The molecule has 0 radical (unpaired) electrons. The third-order valence-electron chi connectivity index (χ3n) is 16.9. The molecule has 0 saturated carbocycles. The van der Waals surface area contributed by atoms with Gasteiger partial charge in [-0.25, -0.2) is 18.5 Å². The Morgan fingerprint density at radius 1 is 0.786 bits per heavy atom. The Balaban J connectivity index is 0.735. The van der Waals surface area contributed by atoms with Crippen molar-refractivity contribution in [1.29, 1.82) is 0 Å². The average Bonchev–Trinajstić information content (AvgIpc) is 1.59. The number of benzene rings is 4. The van der Waals surface area contributed by atoms with Gasteiger partial charge in [0.25, 0.3) is 21.6 Å². The van der Waals surface area contributed by atoms with Gasteiger partial charge in [-0.3, -0.25) is 37.8 Å². The van der Waals surface area contributed by atoms with Crippen LogP contribution in [0.4, 0.5) is 17.1 Å². The number of hydrogen-bond donors (Lipinski definition) is 9. The van der Waals surface area contributed by atoms with Gasteiger partial charge in [-0.1, -0.05) is 86.7 Å². The third kappa shape index (κ3) is 22.8. The molecule has 4 heterocycles. The lowest BCUT2D eigenvalue weighted by molar-refractivity contribution is -0.438. The zero-order chi connectivity index (χ0) is 74.8. The smallest absolute Gasteiger partial charge is 0.488 e. The van der Waals surface area contributed by atoms with Gasteiger partial charge in [0, 0.05) is 90.8 Å². The predicted octanol–water partition coefficient (Wildman–Crippen LogP) is 8.96. The van der Waals surface area contributed by atoms with Crippen molar-refractivity contribution in [3.05, 3.63) is 202 Å². The zero-order valence-corrected chi connectivity index (χ0v) is 60.8. The van der Waals surface area contributed by atoms with Gasteiger partial charge in [-0.05, 0) is 106 Å². The van der Waals surface area contributed by atoms with Crippen molar-refractivity contribution in [1.82, 2.24) is 25.5 Å². The van der Waals surface area contributed by atoms with Crippen LogP contribution in [0, 0.1) is 0 Å². The summed E-state index contributed by atoms with van der Waals surface area (Å²) in [4.78, 5) is 106. The number of nitrogens with one attached hydrogen (secondary N) is 4. The number of nitrogens with zero attached hydrogens (tertiary/aromatic N) is 3. The lowest BCUT2D eigenvalue weighted by atomic mass is 9.81. The Morgan fingerprint density at radius 2 is 1.50 bits per heavy atom. The summed E-state index contributed by atoms with van der Waals surface area (Å²) in [7, 11) is -21.5. The van der Waals surface area contributed by atoms with Gasteiger partial charge >= 0.3 is 29.2 Å². The molecule has 3 aliphatic rings. The van der Waals surface area contributed by atoms with Crippen LogP contribution in [-0.4, -0.2) is 148 Å². The molecule has 0 bridgehead atoms. The van der Waals surface area contributed by atoms with Crippen molar-refractivity contribution in [2.75, 3.05) is 64.1 Å². The van der Waals surface area contributed by atoms with Gasteiger partial charge in [0.15, 0.2) is 12.0 Å². The maximum absolute atomic E-state index is 13.2. The summed E-state index contributed by atoms with van der Waals surface area (Å²) in [5.74, 6) is -0.659. The number of carbonyl (C=O) groups excluding carboxylic acids is 3. The lowest BCUT2D eigenvalue weighted by Crippen LogP contribution is -2.34. The number of anilines is 2. The first-order valence-electron chi connectivity index (χ1n) is 33.0. The van der Waals surface area contributed by atoms with Crippen molar-refractivity contribution in [3.63, 3.8) is 0 Å². The highest BCUT2D eigenvalue weighted by molar-refractivity contribution is 7.85. The van der Waals surface area contributed by atoms with Crippen LogP contribution in [0.5, 0.6) is 5.75 Å². The minimum atomic E-state index is -5.82. The maximum Gasteiger partial charge on any atom is 0.490 e. The van der Waals surface area contributed by atoms with Gasteiger partial charge in [0.1, 0.15) is 37.8 Å². The second kappa shape index (κ2) is 36.2. The first-order valence-corrected chi connectivity index (χ1v) is 38.9. The normalized spacial score (nSPS) is 18.9. The molecule has 8 rings (SSSR count). The van der Waals surface area contributed by atoms with E-state index in [1.165, 1.54) is 35.9 Å². The Hall–Kier alpha value is -7.90. The highest BCUT2D eigenvalue weighted by atomic mass is 32.2. The molecule has 6 atom stereocenters. The van der Waals surface area contributed by atoms with E-state index in [2.05, 4.69) is 128 Å². The maximum atomic E-state index is 13.2. The van der Waals surface area contributed by atoms with Crippen molar-refractivity contribution in [2.24, 2.45) is 0 Å². The first kappa shape index (κ1) is 80.8. The molecular formula is C69H87N7O23P3S+. The van der Waals surface area contributed by atoms with Crippen LogP contribution in [0.15, 0.2) is 173 Å². The molecule has 3 aliphatic heterocycles. The predicted molar refractivity (Wildman–Crippen MR) is 381 cm³/mol. The summed E-state index contributed by atoms with van der Waals surface area (Å²) in [6, 6.07) is 29.8. The van der Waals surface area contributed by atoms with Crippen molar-refractivity contribution >= 4 is 80.2 Å². The summed E-state index contributed by atoms with van der Waals surface area (Å²) in [6.07, 6.45) is 13.0.